The first kappa shape index (κ1) is 19.5. The number of carbonyl (C=O) groups excluding carboxylic acids is 2. The van der Waals surface area contributed by atoms with Crippen LogP contribution in [0.15, 0.2) is 48.5 Å². The minimum atomic E-state index is -0.136. The molecular formula is C20H22ClNO2S. The van der Waals surface area contributed by atoms with E-state index in [1.807, 2.05) is 24.3 Å². The standard InChI is InChI=1S/C20H22ClNO2S/c1-20(2,3)15-6-4-14(5-7-15)18(23)12-25-13-19(24)22-17-10-8-16(21)9-11-17/h4-11H,12-13H2,1-3H3,(H,22,24). The largest absolute Gasteiger partial charge is 0.325 e. The molecule has 0 heterocycles. The number of nitrogens with one attached hydrogen (secondary N) is 1. The molecule has 132 valence electrons. The summed E-state index contributed by atoms with van der Waals surface area (Å²) in [5.41, 5.74) is 2.63. The van der Waals surface area contributed by atoms with E-state index in [-0.39, 0.29) is 28.6 Å². The molecule has 1 N–H and O–H groups in total. The van der Waals surface area contributed by atoms with Crippen molar-refractivity contribution in [3.8, 4) is 0 Å². The maximum atomic E-state index is 12.2. The highest BCUT2D eigenvalue weighted by molar-refractivity contribution is 8.00. The van der Waals surface area contributed by atoms with E-state index in [1.54, 1.807) is 24.3 Å². The normalized spacial score (nSPS) is 11.2. The molecule has 0 bridgehead atoms. The molecule has 0 aromatic heterocycles. The number of carbonyl (C=O) groups is 2. The first-order valence-corrected chi connectivity index (χ1v) is 9.56. The van der Waals surface area contributed by atoms with Crippen LogP contribution in [0, 0.1) is 0 Å². The van der Waals surface area contributed by atoms with Gasteiger partial charge in [-0.3, -0.25) is 9.59 Å². The lowest BCUT2D eigenvalue weighted by Gasteiger charge is -2.18. The third kappa shape index (κ3) is 6.22. The molecule has 2 rings (SSSR count). The Morgan fingerprint density at radius 1 is 0.960 bits per heavy atom. The van der Waals surface area contributed by atoms with Gasteiger partial charge < -0.3 is 5.32 Å². The molecule has 0 saturated carbocycles. The predicted molar refractivity (Wildman–Crippen MR) is 107 cm³/mol. The van der Waals surface area contributed by atoms with Crippen molar-refractivity contribution in [3.63, 3.8) is 0 Å². The fourth-order valence-electron chi connectivity index (χ4n) is 2.21. The fraction of sp³-hybridized carbons (Fsp3) is 0.300. The second-order valence-corrected chi connectivity index (χ2v) is 8.22. The van der Waals surface area contributed by atoms with Gasteiger partial charge in [0.05, 0.1) is 11.5 Å². The van der Waals surface area contributed by atoms with Crippen molar-refractivity contribution < 1.29 is 9.59 Å². The van der Waals surface area contributed by atoms with Crippen molar-refractivity contribution in [1.82, 2.24) is 0 Å². The van der Waals surface area contributed by atoms with E-state index in [1.165, 1.54) is 17.3 Å². The minimum absolute atomic E-state index is 0.0322. The van der Waals surface area contributed by atoms with E-state index >= 15 is 0 Å². The Bertz CT molecular complexity index is 734. The number of rotatable bonds is 6. The summed E-state index contributed by atoms with van der Waals surface area (Å²) in [5, 5.41) is 3.40. The maximum absolute atomic E-state index is 12.2. The summed E-state index contributed by atoms with van der Waals surface area (Å²) in [4.78, 5) is 24.1. The van der Waals surface area contributed by atoms with Gasteiger partial charge in [-0.05, 0) is 35.2 Å². The first-order valence-electron chi connectivity index (χ1n) is 8.02. The number of hydrogen-bond acceptors (Lipinski definition) is 3. The van der Waals surface area contributed by atoms with Gasteiger partial charge in [-0.2, -0.15) is 0 Å². The average molecular weight is 376 g/mol. The van der Waals surface area contributed by atoms with Crippen LogP contribution in [-0.2, 0) is 10.2 Å². The molecule has 0 radical (unpaired) electrons. The van der Waals surface area contributed by atoms with E-state index in [0.717, 1.165) is 0 Å². The Balaban J connectivity index is 1.79. The maximum Gasteiger partial charge on any atom is 0.234 e. The van der Waals surface area contributed by atoms with Crippen molar-refractivity contribution in [2.75, 3.05) is 16.8 Å². The highest BCUT2D eigenvalue weighted by atomic mass is 35.5. The summed E-state index contributed by atoms with van der Waals surface area (Å²) in [6, 6.07) is 14.6. The zero-order valence-electron chi connectivity index (χ0n) is 14.6. The monoisotopic (exact) mass is 375 g/mol. The molecule has 0 spiro atoms. The highest BCUT2D eigenvalue weighted by Crippen LogP contribution is 2.22. The molecule has 0 fully saturated rings. The second kappa shape index (κ2) is 8.54. The number of ketones is 1. The average Bonchev–Trinajstić information content (AvgIpc) is 2.56. The van der Waals surface area contributed by atoms with Crippen molar-refractivity contribution in [2.45, 2.75) is 26.2 Å². The van der Waals surface area contributed by atoms with Crippen LogP contribution in [0.1, 0.15) is 36.7 Å². The highest BCUT2D eigenvalue weighted by Gasteiger charge is 2.14. The van der Waals surface area contributed by atoms with Crippen molar-refractivity contribution in [2.24, 2.45) is 0 Å². The topological polar surface area (TPSA) is 46.2 Å². The third-order valence-electron chi connectivity index (χ3n) is 3.67. The van der Waals surface area contributed by atoms with Gasteiger partial charge in [0, 0.05) is 16.3 Å². The summed E-state index contributed by atoms with van der Waals surface area (Å²) in [7, 11) is 0. The lowest BCUT2D eigenvalue weighted by Crippen LogP contribution is -2.15. The van der Waals surface area contributed by atoms with E-state index in [4.69, 9.17) is 11.6 Å². The molecule has 0 aliphatic rings. The quantitative estimate of drug-likeness (QED) is 0.706. The number of halogens is 1. The lowest BCUT2D eigenvalue weighted by molar-refractivity contribution is -0.113. The molecular weight excluding hydrogens is 354 g/mol. The van der Waals surface area contributed by atoms with Crippen LogP contribution < -0.4 is 5.32 Å². The van der Waals surface area contributed by atoms with Gasteiger partial charge in [-0.1, -0.05) is 56.6 Å². The molecule has 2 aromatic carbocycles. The van der Waals surface area contributed by atoms with Crippen LogP contribution in [0.5, 0.6) is 0 Å². The molecule has 3 nitrogen and oxygen atoms in total. The Morgan fingerprint density at radius 3 is 2.12 bits per heavy atom. The number of amides is 1. The third-order valence-corrected chi connectivity index (χ3v) is 4.85. The van der Waals surface area contributed by atoms with Gasteiger partial charge in [0.25, 0.3) is 0 Å². The number of Topliss-reactive ketones (excluding diaryl/α,β-unsaturated/α-hetero) is 1. The van der Waals surface area contributed by atoms with Crippen LogP contribution in [0.25, 0.3) is 0 Å². The lowest BCUT2D eigenvalue weighted by atomic mass is 9.86. The minimum Gasteiger partial charge on any atom is -0.325 e. The van der Waals surface area contributed by atoms with Crippen LogP contribution in [-0.4, -0.2) is 23.2 Å². The van der Waals surface area contributed by atoms with E-state index in [0.29, 0.717) is 16.3 Å². The van der Waals surface area contributed by atoms with Gasteiger partial charge in [-0.15, -0.1) is 11.8 Å². The van der Waals surface area contributed by atoms with Crippen molar-refractivity contribution in [1.29, 1.82) is 0 Å². The van der Waals surface area contributed by atoms with E-state index in [2.05, 4.69) is 26.1 Å². The molecule has 2 aromatic rings. The predicted octanol–water partition coefficient (Wildman–Crippen LogP) is 5.19. The van der Waals surface area contributed by atoms with Crippen LogP contribution in [0.2, 0.25) is 5.02 Å². The second-order valence-electron chi connectivity index (χ2n) is 6.80. The van der Waals surface area contributed by atoms with E-state index in [9.17, 15) is 9.59 Å². The molecule has 0 saturated heterocycles. The van der Waals surface area contributed by atoms with Crippen molar-refractivity contribution in [3.05, 3.63) is 64.7 Å². The number of anilines is 1. The first-order chi connectivity index (χ1) is 11.8. The Labute approximate surface area is 158 Å². The molecule has 0 aliphatic carbocycles. The van der Waals surface area contributed by atoms with Crippen LogP contribution in [0.3, 0.4) is 0 Å². The number of benzene rings is 2. The smallest absolute Gasteiger partial charge is 0.234 e. The molecule has 25 heavy (non-hydrogen) atoms. The van der Waals surface area contributed by atoms with E-state index < -0.39 is 0 Å². The number of hydrogen-bond donors (Lipinski definition) is 1. The SMILES string of the molecule is CC(C)(C)c1ccc(C(=O)CSCC(=O)Nc2ccc(Cl)cc2)cc1. The van der Waals surface area contributed by atoms with Gasteiger partial charge in [0.2, 0.25) is 5.91 Å². The Hall–Kier alpha value is -1.78. The molecule has 1 amide bonds. The van der Waals surface area contributed by atoms with Crippen molar-refractivity contribution >= 4 is 40.7 Å². The Morgan fingerprint density at radius 2 is 1.56 bits per heavy atom. The summed E-state index contributed by atoms with van der Waals surface area (Å²) >= 11 is 7.11. The van der Waals surface area contributed by atoms with Gasteiger partial charge in [0.15, 0.2) is 5.78 Å². The number of thioether (sulfide) groups is 1. The molecule has 0 aliphatic heterocycles. The molecule has 0 atom stereocenters. The van der Waals surface area contributed by atoms with Crippen LogP contribution >= 0.6 is 23.4 Å². The summed E-state index contributed by atoms with van der Waals surface area (Å²) in [6.07, 6.45) is 0. The van der Waals surface area contributed by atoms with Gasteiger partial charge >= 0.3 is 0 Å². The van der Waals surface area contributed by atoms with Gasteiger partial charge in [0.1, 0.15) is 0 Å². The molecule has 0 unspecified atom stereocenters. The summed E-state index contributed by atoms with van der Waals surface area (Å²) in [5.74, 6) is 0.408. The summed E-state index contributed by atoms with van der Waals surface area (Å²) in [6.45, 7) is 6.41. The zero-order chi connectivity index (χ0) is 18.4. The Kier molecular flexibility index (Phi) is 6.68. The molecule has 5 heteroatoms. The fourth-order valence-corrected chi connectivity index (χ4v) is 3.04. The van der Waals surface area contributed by atoms with Crippen LogP contribution in [0.4, 0.5) is 5.69 Å². The van der Waals surface area contributed by atoms with Gasteiger partial charge in [-0.25, -0.2) is 0 Å². The summed E-state index contributed by atoms with van der Waals surface area (Å²) < 4.78 is 0. The zero-order valence-corrected chi connectivity index (χ0v) is 16.2.